The highest BCUT2D eigenvalue weighted by atomic mass is 35.5. The summed E-state index contributed by atoms with van der Waals surface area (Å²) in [5.74, 6) is 1.05. The van der Waals surface area contributed by atoms with Gasteiger partial charge < -0.3 is 19.7 Å². The highest BCUT2D eigenvalue weighted by Gasteiger charge is 2.44. The van der Waals surface area contributed by atoms with Gasteiger partial charge in [-0.15, -0.1) is 0 Å². The van der Waals surface area contributed by atoms with Crippen LogP contribution in [0.5, 0.6) is 11.5 Å². The molecule has 0 saturated carbocycles. The molecule has 1 amide bonds. The first-order valence-corrected chi connectivity index (χ1v) is 13.4. The summed E-state index contributed by atoms with van der Waals surface area (Å²) in [6, 6.07) is 12.1. The second-order valence-electron chi connectivity index (χ2n) is 7.62. The molecule has 0 radical (unpaired) electrons. The number of aliphatic imine (C=N–C) groups is 1. The lowest BCUT2D eigenvalue weighted by atomic mass is 10.2. The van der Waals surface area contributed by atoms with Crippen LogP contribution in [0, 0.1) is 0 Å². The Morgan fingerprint density at radius 2 is 2.00 bits per heavy atom. The number of sulfone groups is 1. The maximum Gasteiger partial charge on any atom is 0.244 e. The van der Waals surface area contributed by atoms with E-state index < -0.39 is 9.84 Å². The first-order valence-electron chi connectivity index (χ1n) is 10.4. The van der Waals surface area contributed by atoms with Gasteiger partial charge in [-0.05, 0) is 49.4 Å². The number of nitrogens with zero attached hydrogens (tertiary/aromatic N) is 2. The minimum Gasteiger partial charge on any atom is -0.495 e. The Morgan fingerprint density at radius 3 is 2.67 bits per heavy atom. The lowest BCUT2D eigenvalue weighted by Gasteiger charge is -2.24. The molecular formula is C22H24ClN3O5S2. The zero-order chi connectivity index (χ0) is 23.6. The van der Waals surface area contributed by atoms with Crippen molar-refractivity contribution in [3.63, 3.8) is 0 Å². The quantitative estimate of drug-likeness (QED) is 0.610. The van der Waals surface area contributed by atoms with Crippen LogP contribution in [0.2, 0.25) is 5.02 Å². The van der Waals surface area contributed by atoms with Gasteiger partial charge in [-0.1, -0.05) is 23.4 Å². The van der Waals surface area contributed by atoms with Crippen LogP contribution in [0.25, 0.3) is 0 Å². The zero-order valence-corrected chi connectivity index (χ0v) is 20.5. The van der Waals surface area contributed by atoms with Gasteiger partial charge in [0.15, 0.2) is 15.0 Å². The van der Waals surface area contributed by atoms with Crippen LogP contribution in [-0.2, 0) is 14.6 Å². The monoisotopic (exact) mass is 509 g/mol. The minimum absolute atomic E-state index is 0.0261. The highest BCUT2D eigenvalue weighted by Crippen LogP contribution is 2.37. The molecule has 0 aromatic heterocycles. The summed E-state index contributed by atoms with van der Waals surface area (Å²) in [5, 5.41) is 3.81. The number of amides is 1. The van der Waals surface area contributed by atoms with Gasteiger partial charge in [-0.3, -0.25) is 9.79 Å². The number of anilines is 2. The van der Waals surface area contributed by atoms with Crippen LogP contribution < -0.4 is 19.7 Å². The average molecular weight is 510 g/mol. The summed E-state index contributed by atoms with van der Waals surface area (Å²) in [6.45, 7) is 2.43. The number of halogens is 1. The summed E-state index contributed by atoms with van der Waals surface area (Å²) in [6.07, 6.45) is 0. The Labute approximate surface area is 202 Å². The van der Waals surface area contributed by atoms with E-state index in [9.17, 15) is 13.2 Å². The number of ether oxygens (including phenoxy) is 2. The Morgan fingerprint density at radius 1 is 1.24 bits per heavy atom. The lowest BCUT2D eigenvalue weighted by molar-refractivity contribution is -0.114. The van der Waals surface area contributed by atoms with Crippen molar-refractivity contribution in [1.29, 1.82) is 0 Å². The first-order chi connectivity index (χ1) is 15.8. The topological polar surface area (TPSA) is 97.3 Å². The first kappa shape index (κ1) is 23.7. The summed E-state index contributed by atoms with van der Waals surface area (Å²) >= 11 is 7.48. The van der Waals surface area contributed by atoms with Gasteiger partial charge in [-0.2, -0.15) is 0 Å². The van der Waals surface area contributed by atoms with Gasteiger partial charge in [0.05, 0.1) is 37.0 Å². The number of carbonyl (C=O) groups is 1. The van der Waals surface area contributed by atoms with Gasteiger partial charge >= 0.3 is 0 Å². The third kappa shape index (κ3) is 5.56. The molecule has 1 N–H and O–H groups in total. The molecule has 2 atom stereocenters. The molecular weight excluding hydrogens is 486 g/mol. The molecule has 0 bridgehead atoms. The number of hydrogen-bond acceptors (Lipinski definition) is 8. The zero-order valence-electron chi connectivity index (χ0n) is 18.2. The number of thioether (sulfide) groups is 1. The predicted molar refractivity (Wildman–Crippen MR) is 133 cm³/mol. The van der Waals surface area contributed by atoms with Crippen molar-refractivity contribution in [3.05, 3.63) is 47.5 Å². The Kier molecular flexibility index (Phi) is 7.06. The smallest absolute Gasteiger partial charge is 0.244 e. The van der Waals surface area contributed by atoms with Crippen LogP contribution >= 0.6 is 23.4 Å². The van der Waals surface area contributed by atoms with E-state index in [0.717, 1.165) is 11.4 Å². The van der Waals surface area contributed by atoms with Crippen molar-refractivity contribution in [2.75, 3.05) is 42.0 Å². The lowest BCUT2D eigenvalue weighted by Crippen LogP contribution is -2.36. The van der Waals surface area contributed by atoms with Crippen molar-refractivity contribution in [2.45, 2.75) is 18.2 Å². The molecule has 2 aromatic carbocycles. The van der Waals surface area contributed by atoms with Crippen molar-refractivity contribution in [2.24, 2.45) is 4.99 Å². The molecule has 0 aliphatic carbocycles. The molecule has 2 aromatic rings. The minimum atomic E-state index is -3.08. The van der Waals surface area contributed by atoms with Gasteiger partial charge in [0, 0.05) is 16.0 Å². The molecule has 8 nitrogen and oxygen atoms in total. The molecule has 2 heterocycles. The number of amidine groups is 1. The van der Waals surface area contributed by atoms with Gasteiger partial charge in [-0.25, -0.2) is 8.42 Å². The van der Waals surface area contributed by atoms with Crippen LogP contribution in [-0.4, -0.2) is 62.6 Å². The van der Waals surface area contributed by atoms with Crippen LogP contribution in [0.4, 0.5) is 11.4 Å². The third-order valence-electron chi connectivity index (χ3n) is 5.23. The molecule has 1 saturated heterocycles. The second kappa shape index (κ2) is 9.82. The van der Waals surface area contributed by atoms with E-state index in [4.69, 9.17) is 21.1 Å². The standard InChI is InChI=1S/C22H24ClN3O5S2/c1-3-31-16-7-5-15(6-8-16)26(22-25-18-12-33(28,29)13-20(18)32-22)11-21(27)24-17-10-14(23)4-9-19(17)30-2/h4-10,18,20H,3,11-13H2,1-2H3,(H,24,27)/t18-,20-/m1/s1. The maximum atomic E-state index is 13.0. The molecule has 0 unspecified atom stereocenters. The number of hydrogen-bond donors (Lipinski definition) is 1. The maximum absolute atomic E-state index is 13.0. The van der Waals surface area contributed by atoms with Crippen molar-refractivity contribution >= 4 is 55.6 Å². The van der Waals surface area contributed by atoms with Crippen LogP contribution in [0.1, 0.15) is 6.92 Å². The molecule has 2 aliphatic heterocycles. The van der Waals surface area contributed by atoms with E-state index in [0.29, 0.717) is 28.2 Å². The van der Waals surface area contributed by atoms with Crippen molar-refractivity contribution in [3.8, 4) is 11.5 Å². The highest BCUT2D eigenvalue weighted by molar-refractivity contribution is 8.15. The molecule has 0 spiro atoms. The Hall–Kier alpha value is -2.43. The van der Waals surface area contributed by atoms with E-state index in [-0.39, 0.29) is 35.2 Å². The molecule has 4 rings (SSSR count). The van der Waals surface area contributed by atoms with Gasteiger partial charge in [0.25, 0.3) is 0 Å². The number of rotatable bonds is 7. The van der Waals surface area contributed by atoms with Crippen LogP contribution in [0.3, 0.4) is 0 Å². The number of nitrogens with one attached hydrogen (secondary N) is 1. The Balaban J connectivity index is 1.58. The number of benzene rings is 2. The molecule has 33 heavy (non-hydrogen) atoms. The van der Waals surface area contributed by atoms with Crippen molar-refractivity contribution in [1.82, 2.24) is 0 Å². The molecule has 1 fully saturated rings. The fourth-order valence-electron chi connectivity index (χ4n) is 3.74. The number of carbonyl (C=O) groups excluding carboxylic acids is 1. The van der Waals surface area contributed by atoms with E-state index in [1.807, 2.05) is 31.2 Å². The van der Waals surface area contributed by atoms with E-state index in [1.165, 1.54) is 18.9 Å². The van der Waals surface area contributed by atoms with Gasteiger partial charge in [0.2, 0.25) is 5.91 Å². The summed E-state index contributed by atoms with van der Waals surface area (Å²) in [7, 11) is -1.56. The summed E-state index contributed by atoms with van der Waals surface area (Å²) < 4.78 is 34.8. The van der Waals surface area contributed by atoms with E-state index in [1.54, 1.807) is 23.1 Å². The fourth-order valence-corrected chi connectivity index (χ4v) is 7.69. The predicted octanol–water partition coefficient (Wildman–Crippen LogP) is 3.46. The molecule has 2 aliphatic rings. The fraction of sp³-hybridized carbons (Fsp3) is 0.364. The third-order valence-corrected chi connectivity index (χ3v) is 8.72. The van der Waals surface area contributed by atoms with Crippen LogP contribution in [0.15, 0.2) is 47.5 Å². The van der Waals surface area contributed by atoms with Crippen molar-refractivity contribution < 1.29 is 22.7 Å². The average Bonchev–Trinajstić information content (AvgIpc) is 3.26. The number of methoxy groups -OCH3 is 1. The SMILES string of the molecule is CCOc1ccc(N(CC(=O)Nc2cc(Cl)ccc2OC)C2=N[C@@H]3CS(=O)(=O)C[C@H]3S2)cc1. The summed E-state index contributed by atoms with van der Waals surface area (Å²) in [4.78, 5) is 19.5. The largest absolute Gasteiger partial charge is 0.495 e. The second-order valence-corrected chi connectivity index (χ2v) is 11.4. The molecule has 11 heteroatoms. The van der Waals surface area contributed by atoms with Gasteiger partial charge in [0.1, 0.15) is 18.0 Å². The van der Waals surface area contributed by atoms with E-state index >= 15 is 0 Å². The summed E-state index contributed by atoms with van der Waals surface area (Å²) in [5.41, 5.74) is 1.21. The normalized spacial score (nSPS) is 20.6. The molecule has 176 valence electrons. The number of fused-ring (bicyclic) bond motifs is 1. The Bertz CT molecular complexity index is 1170. The van der Waals surface area contributed by atoms with E-state index in [2.05, 4.69) is 10.3 Å².